The normalized spacial score (nSPS) is 10.5. The lowest BCUT2D eigenvalue weighted by Crippen LogP contribution is -2.10. The maximum atomic E-state index is 12.0. The lowest BCUT2D eigenvalue weighted by molar-refractivity contribution is 0.0891. The van der Waals surface area contributed by atoms with Crippen molar-refractivity contribution >= 4 is 34.8 Å². The molecule has 0 fully saturated rings. The van der Waals surface area contributed by atoms with Crippen molar-refractivity contribution < 1.29 is 9.59 Å². The van der Waals surface area contributed by atoms with Crippen molar-refractivity contribution in [3.05, 3.63) is 51.8 Å². The van der Waals surface area contributed by atoms with Crippen LogP contribution in [-0.2, 0) is 7.05 Å². The monoisotopic (exact) mass is 296 g/mol. The van der Waals surface area contributed by atoms with Crippen LogP contribution in [0.25, 0.3) is 0 Å². The molecule has 1 aromatic carbocycles. The van der Waals surface area contributed by atoms with E-state index in [2.05, 4.69) is 5.10 Å². The van der Waals surface area contributed by atoms with Gasteiger partial charge in [0, 0.05) is 23.8 Å². The van der Waals surface area contributed by atoms with E-state index in [0.717, 1.165) is 0 Å². The highest BCUT2D eigenvalue weighted by atomic mass is 35.5. The molecule has 0 unspecified atom stereocenters. The van der Waals surface area contributed by atoms with Gasteiger partial charge in [0.25, 0.3) is 0 Å². The SMILES string of the molecule is Cn1ccc(C(=O)CC(=O)c2ccc(Cl)cc2Cl)n1. The van der Waals surface area contributed by atoms with Crippen molar-refractivity contribution in [1.82, 2.24) is 9.78 Å². The molecule has 19 heavy (non-hydrogen) atoms. The highest BCUT2D eigenvalue weighted by Gasteiger charge is 2.17. The Kier molecular flexibility index (Phi) is 4.02. The molecule has 0 amide bonds. The Morgan fingerprint density at radius 2 is 1.95 bits per heavy atom. The zero-order chi connectivity index (χ0) is 14.0. The van der Waals surface area contributed by atoms with Crippen molar-refractivity contribution in [1.29, 1.82) is 0 Å². The van der Waals surface area contributed by atoms with Crippen LogP contribution in [-0.4, -0.2) is 21.3 Å². The molecule has 2 rings (SSSR count). The molecule has 0 spiro atoms. The van der Waals surface area contributed by atoms with Gasteiger partial charge in [-0.05, 0) is 24.3 Å². The number of rotatable bonds is 4. The highest BCUT2D eigenvalue weighted by Crippen LogP contribution is 2.22. The molecule has 6 heteroatoms. The van der Waals surface area contributed by atoms with Crippen LogP contribution in [0.4, 0.5) is 0 Å². The zero-order valence-electron chi connectivity index (χ0n) is 10.1. The average molecular weight is 297 g/mol. The van der Waals surface area contributed by atoms with Crippen LogP contribution in [0.3, 0.4) is 0 Å². The van der Waals surface area contributed by atoms with Gasteiger partial charge in [0.2, 0.25) is 0 Å². The van der Waals surface area contributed by atoms with Crippen LogP contribution < -0.4 is 0 Å². The summed E-state index contributed by atoms with van der Waals surface area (Å²) in [5.41, 5.74) is 0.552. The Morgan fingerprint density at radius 1 is 1.21 bits per heavy atom. The zero-order valence-corrected chi connectivity index (χ0v) is 11.6. The van der Waals surface area contributed by atoms with E-state index in [9.17, 15) is 9.59 Å². The molecule has 98 valence electrons. The maximum absolute atomic E-state index is 12.0. The molecule has 1 aromatic heterocycles. The summed E-state index contributed by atoms with van der Waals surface area (Å²) in [5, 5.41) is 4.64. The van der Waals surface area contributed by atoms with Crippen molar-refractivity contribution in [2.45, 2.75) is 6.42 Å². The van der Waals surface area contributed by atoms with Crippen molar-refractivity contribution in [3.63, 3.8) is 0 Å². The molecule has 0 aliphatic carbocycles. The third kappa shape index (κ3) is 3.22. The van der Waals surface area contributed by atoms with Crippen LogP contribution in [0.1, 0.15) is 27.3 Å². The molecule has 0 radical (unpaired) electrons. The lowest BCUT2D eigenvalue weighted by Gasteiger charge is -2.02. The predicted molar refractivity (Wildman–Crippen MR) is 72.9 cm³/mol. The Hall–Kier alpha value is -1.65. The summed E-state index contributed by atoms with van der Waals surface area (Å²) in [4.78, 5) is 23.8. The minimum Gasteiger partial charge on any atom is -0.294 e. The van der Waals surface area contributed by atoms with E-state index in [1.165, 1.54) is 16.8 Å². The Bertz CT molecular complexity index is 650. The van der Waals surface area contributed by atoms with Crippen LogP contribution >= 0.6 is 23.2 Å². The Labute approximate surface area is 119 Å². The van der Waals surface area contributed by atoms with Gasteiger partial charge in [-0.2, -0.15) is 5.10 Å². The number of hydrogen-bond donors (Lipinski definition) is 0. The largest absolute Gasteiger partial charge is 0.294 e. The van der Waals surface area contributed by atoms with Crippen LogP contribution in [0.2, 0.25) is 10.0 Å². The van der Waals surface area contributed by atoms with Crippen molar-refractivity contribution in [2.75, 3.05) is 0 Å². The molecule has 0 bridgehead atoms. The quantitative estimate of drug-likeness (QED) is 0.643. The molecule has 0 saturated heterocycles. The summed E-state index contributed by atoms with van der Waals surface area (Å²) in [7, 11) is 1.70. The van der Waals surface area contributed by atoms with Crippen LogP contribution in [0.5, 0.6) is 0 Å². The number of carbonyl (C=O) groups excluding carboxylic acids is 2. The molecule has 1 heterocycles. The minimum absolute atomic E-state index is 0.242. The number of hydrogen-bond acceptors (Lipinski definition) is 3. The van der Waals surface area contributed by atoms with E-state index in [-0.39, 0.29) is 34.3 Å². The van der Waals surface area contributed by atoms with Gasteiger partial charge in [0.05, 0.1) is 11.4 Å². The molecule has 0 saturated carbocycles. The molecule has 0 N–H and O–H groups in total. The van der Waals surface area contributed by atoms with Crippen LogP contribution in [0, 0.1) is 0 Å². The smallest absolute Gasteiger partial charge is 0.190 e. The number of nitrogens with zero attached hydrogens (tertiary/aromatic N) is 2. The number of aromatic nitrogens is 2. The second-order valence-electron chi connectivity index (χ2n) is 4.02. The fraction of sp³-hybridized carbons (Fsp3) is 0.154. The van der Waals surface area contributed by atoms with Crippen molar-refractivity contribution in [3.8, 4) is 0 Å². The Morgan fingerprint density at radius 3 is 2.53 bits per heavy atom. The van der Waals surface area contributed by atoms with Gasteiger partial charge in [-0.25, -0.2) is 0 Å². The second kappa shape index (κ2) is 5.55. The summed E-state index contributed by atoms with van der Waals surface area (Å²) >= 11 is 11.7. The first-order valence-corrected chi connectivity index (χ1v) is 6.24. The number of ketones is 2. The molecular formula is C13H10Cl2N2O2. The topological polar surface area (TPSA) is 52.0 Å². The van der Waals surface area contributed by atoms with Gasteiger partial charge in [0.1, 0.15) is 5.69 Å². The lowest BCUT2D eigenvalue weighted by atomic mass is 10.0. The first kappa shape index (κ1) is 13.8. The number of carbonyl (C=O) groups is 2. The van der Waals surface area contributed by atoms with E-state index < -0.39 is 0 Å². The summed E-state index contributed by atoms with van der Waals surface area (Å²) in [6.07, 6.45) is 1.38. The van der Waals surface area contributed by atoms with E-state index >= 15 is 0 Å². The first-order chi connectivity index (χ1) is 8.97. The standard InChI is InChI=1S/C13H10Cl2N2O2/c1-17-5-4-11(16-17)13(19)7-12(18)9-3-2-8(14)6-10(9)15/h2-6H,7H2,1H3. The Balaban J connectivity index is 2.15. The molecular weight excluding hydrogens is 287 g/mol. The summed E-state index contributed by atoms with van der Waals surface area (Å²) < 4.78 is 1.51. The number of aryl methyl sites for hydroxylation is 1. The average Bonchev–Trinajstić information content (AvgIpc) is 2.75. The van der Waals surface area contributed by atoms with E-state index in [0.29, 0.717) is 5.02 Å². The first-order valence-electron chi connectivity index (χ1n) is 5.48. The summed E-state index contributed by atoms with van der Waals surface area (Å²) in [6, 6.07) is 6.12. The fourth-order valence-electron chi connectivity index (χ4n) is 1.61. The summed E-state index contributed by atoms with van der Waals surface area (Å²) in [6.45, 7) is 0. The number of benzene rings is 1. The van der Waals surface area contributed by atoms with Crippen LogP contribution in [0.15, 0.2) is 30.5 Å². The van der Waals surface area contributed by atoms with Gasteiger partial charge in [-0.1, -0.05) is 23.2 Å². The van der Waals surface area contributed by atoms with E-state index in [1.807, 2.05) is 0 Å². The van der Waals surface area contributed by atoms with Gasteiger partial charge in [-0.3, -0.25) is 14.3 Å². The maximum Gasteiger partial charge on any atom is 0.190 e. The number of Topliss-reactive ketones (excluding diaryl/α,β-unsaturated/α-hetero) is 2. The second-order valence-corrected chi connectivity index (χ2v) is 4.87. The highest BCUT2D eigenvalue weighted by molar-refractivity contribution is 6.37. The van der Waals surface area contributed by atoms with Gasteiger partial charge >= 0.3 is 0 Å². The van der Waals surface area contributed by atoms with E-state index in [1.54, 1.807) is 25.4 Å². The van der Waals surface area contributed by atoms with Crippen molar-refractivity contribution in [2.24, 2.45) is 7.05 Å². The van der Waals surface area contributed by atoms with Gasteiger partial charge in [-0.15, -0.1) is 0 Å². The third-order valence-electron chi connectivity index (χ3n) is 2.55. The summed E-state index contributed by atoms with van der Waals surface area (Å²) in [5.74, 6) is -0.686. The van der Waals surface area contributed by atoms with Gasteiger partial charge < -0.3 is 0 Å². The predicted octanol–water partition coefficient (Wildman–Crippen LogP) is 3.18. The molecule has 0 aliphatic heterocycles. The number of halogens is 2. The fourth-order valence-corrected chi connectivity index (χ4v) is 2.12. The molecule has 4 nitrogen and oxygen atoms in total. The third-order valence-corrected chi connectivity index (χ3v) is 3.10. The minimum atomic E-state index is -0.350. The van der Waals surface area contributed by atoms with E-state index in [4.69, 9.17) is 23.2 Å². The molecule has 0 atom stereocenters. The molecule has 2 aromatic rings. The molecule has 0 aliphatic rings. The van der Waals surface area contributed by atoms with Gasteiger partial charge in [0.15, 0.2) is 11.6 Å².